The Morgan fingerprint density at radius 1 is 1.19 bits per heavy atom. The van der Waals surface area contributed by atoms with E-state index in [9.17, 15) is 13.2 Å². The van der Waals surface area contributed by atoms with Gasteiger partial charge in [-0.1, -0.05) is 25.4 Å². The number of halogens is 1. The summed E-state index contributed by atoms with van der Waals surface area (Å²) in [6, 6.07) is 0.200. The van der Waals surface area contributed by atoms with Gasteiger partial charge in [0.2, 0.25) is 5.13 Å². The molecule has 3 aliphatic rings. The molecular weight excluding hydrogens is 472 g/mol. The molecule has 4 rings (SSSR count). The summed E-state index contributed by atoms with van der Waals surface area (Å²) in [6.45, 7) is 6.57. The van der Waals surface area contributed by atoms with Crippen molar-refractivity contribution in [2.45, 2.75) is 64.0 Å². The van der Waals surface area contributed by atoms with Gasteiger partial charge in [-0.25, -0.2) is 13.4 Å². The molecule has 0 bridgehead atoms. The number of ether oxygens (including phenoxy) is 1. The van der Waals surface area contributed by atoms with Gasteiger partial charge in [0.1, 0.15) is 5.82 Å². The largest absolute Gasteiger partial charge is 0.485 e. The van der Waals surface area contributed by atoms with Crippen LogP contribution in [0.25, 0.3) is 0 Å². The number of rotatable bonds is 6. The Balaban J connectivity index is 1.33. The second kappa shape index (κ2) is 9.30. The van der Waals surface area contributed by atoms with Crippen LogP contribution in [-0.2, 0) is 19.4 Å². The highest BCUT2D eigenvalue weighted by Gasteiger charge is 2.39. The van der Waals surface area contributed by atoms with Crippen molar-refractivity contribution >= 4 is 44.0 Å². The van der Waals surface area contributed by atoms with Gasteiger partial charge in [-0.05, 0) is 25.3 Å². The van der Waals surface area contributed by atoms with Crippen LogP contribution in [0.5, 0.6) is 0 Å². The van der Waals surface area contributed by atoms with Crippen molar-refractivity contribution < 1.29 is 17.9 Å². The second-order valence-corrected chi connectivity index (χ2v) is 12.1. The van der Waals surface area contributed by atoms with Crippen molar-refractivity contribution in [3.05, 3.63) is 27.6 Å². The SMILES string of the molecule is CC(C)c1nsc(N2CCC(N3CC[C@H](OC4=CC(Cl)=C(S(C)(=O)=O)CC4)C3=O)CC2)n1. The third-order valence-corrected chi connectivity index (χ3v) is 8.77. The first-order valence-corrected chi connectivity index (χ1v) is 14.0. The normalized spacial score (nSPS) is 23.3. The van der Waals surface area contributed by atoms with Crippen LogP contribution in [0.4, 0.5) is 5.13 Å². The van der Waals surface area contributed by atoms with Crippen LogP contribution < -0.4 is 4.90 Å². The highest BCUT2D eigenvalue weighted by Crippen LogP contribution is 2.33. The molecule has 3 heterocycles. The van der Waals surface area contributed by atoms with Crippen molar-refractivity contribution in [2.24, 2.45) is 0 Å². The van der Waals surface area contributed by atoms with Crippen LogP contribution in [0.2, 0.25) is 0 Å². The topological polar surface area (TPSA) is 92.7 Å². The Bertz CT molecular complexity index is 1040. The zero-order chi connectivity index (χ0) is 23.0. The Morgan fingerprint density at radius 2 is 1.91 bits per heavy atom. The third kappa shape index (κ3) is 4.97. The summed E-state index contributed by atoms with van der Waals surface area (Å²) in [5.41, 5.74) is 0. The molecule has 2 saturated heterocycles. The minimum atomic E-state index is -3.33. The summed E-state index contributed by atoms with van der Waals surface area (Å²) in [7, 11) is -3.33. The number of allylic oxidation sites excluding steroid dienone is 4. The quantitative estimate of drug-likeness (QED) is 0.590. The lowest BCUT2D eigenvalue weighted by Gasteiger charge is -2.36. The molecule has 0 saturated carbocycles. The smallest absolute Gasteiger partial charge is 0.263 e. The average Bonchev–Trinajstić information content (AvgIpc) is 3.35. The molecule has 11 heteroatoms. The zero-order valence-corrected chi connectivity index (χ0v) is 21.0. The minimum Gasteiger partial charge on any atom is -0.485 e. The van der Waals surface area contributed by atoms with E-state index in [4.69, 9.17) is 16.3 Å². The Hall–Kier alpha value is -1.65. The molecule has 0 N–H and O–H groups in total. The lowest BCUT2D eigenvalue weighted by atomic mass is 10.0. The first-order chi connectivity index (χ1) is 15.1. The molecule has 2 fully saturated rings. The highest BCUT2D eigenvalue weighted by molar-refractivity contribution is 7.94. The maximum atomic E-state index is 13.0. The van der Waals surface area contributed by atoms with Crippen molar-refractivity contribution in [1.29, 1.82) is 0 Å². The van der Waals surface area contributed by atoms with Crippen LogP contribution in [0.1, 0.15) is 57.7 Å². The molecule has 0 unspecified atom stereocenters. The fraction of sp³-hybridized carbons (Fsp3) is 0.667. The molecular formula is C21H29ClN4O4S2. The number of amides is 1. The third-order valence-electron chi connectivity index (χ3n) is 6.21. The van der Waals surface area contributed by atoms with Crippen molar-refractivity contribution in [1.82, 2.24) is 14.3 Å². The number of carbonyl (C=O) groups is 1. The van der Waals surface area contributed by atoms with Gasteiger partial charge in [-0.2, -0.15) is 4.37 Å². The lowest BCUT2D eigenvalue weighted by Crippen LogP contribution is -2.46. The van der Waals surface area contributed by atoms with E-state index in [1.807, 2.05) is 4.90 Å². The summed E-state index contributed by atoms with van der Waals surface area (Å²) in [5.74, 6) is 1.79. The molecule has 0 radical (unpaired) electrons. The molecule has 0 spiro atoms. The maximum absolute atomic E-state index is 13.0. The van der Waals surface area contributed by atoms with Crippen LogP contribution in [0.3, 0.4) is 0 Å². The number of piperidine rings is 1. The van der Waals surface area contributed by atoms with Gasteiger partial charge in [0, 0.05) is 62.2 Å². The number of hydrogen-bond acceptors (Lipinski definition) is 8. The summed E-state index contributed by atoms with van der Waals surface area (Å²) in [6.07, 6.45) is 5.32. The molecule has 176 valence electrons. The Morgan fingerprint density at radius 3 is 2.50 bits per heavy atom. The number of anilines is 1. The standard InChI is InChI=1S/C21H29ClN4O4S2/c1-13(2)19-23-21(31-24-19)25-9-6-14(7-10-25)26-11-8-17(20(26)27)30-15-4-5-18(16(22)12-15)32(3,28)29/h12-14,17H,4-11H2,1-3H3/t17-/m0/s1. The molecule has 1 amide bonds. The molecule has 0 aromatic carbocycles. The Kier molecular flexibility index (Phi) is 6.84. The zero-order valence-electron chi connectivity index (χ0n) is 18.6. The minimum absolute atomic E-state index is 0.0105. The Labute approximate surface area is 198 Å². The van der Waals surface area contributed by atoms with E-state index in [1.165, 1.54) is 11.5 Å². The van der Waals surface area contributed by atoms with E-state index in [2.05, 4.69) is 28.1 Å². The molecule has 1 aromatic heterocycles. The predicted molar refractivity (Wildman–Crippen MR) is 125 cm³/mol. The summed E-state index contributed by atoms with van der Waals surface area (Å²) in [5, 5.41) is 1.14. The van der Waals surface area contributed by atoms with E-state index < -0.39 is 15.9 Å². The van der Waals surface area contributed by atoms with Crippen molar-refractivity contribution in [3.63, 3.8) is 0 Å². The van der Waals surface area contributed by atoms with Gasteiger partial charge in [-0.15, -0.1) is 0 Å². The summed E-state index contributed by atoms with van der Waals surface area (Å²) in [4.78, 5) is 22.1. The van der Waals surface area contributed by atoms with E-state index in [-0.39, 0.29) is 21.9 Å². The number of sulfone groups is 1. The predicted octanol–water partition coefficient (Wildman–Crippen LogP) is 3.42. The van der Waals surface area contributed by atoms with Crippen LogP contribution in [-0.4, -0.2) is 66.6 Å². The number of hydrogen-bond donors (Lipinski definition) is 0. The van der Waals surface area contributed by atoms with Gasteiger partial charge < -0.3 is 14.5 Å². The highest BCUT2D eigenvalue weighted by atomic mass is 35.5. The molecule has 8 nitrogen and oxygen atoms in total. The molecule has 32 heavy (non-hydrogen) atoms. The summed E-state index contributed by atoms with van der Waals surface area (Å²) < 4.78 is 34.0. The van der Waals surface area contributed by atoms with E-state index in [0.717, 1.165) is 43.1 Å². The van der Waals surface area contributed by atoms with E-state index >= 15 is 0 Å². The molecule has 1 aliphatic carbocycles. The second-order valence-electron chi connectivity index (χ2n) is 8.89. The summed E-state index contributed by atoms with van der Waals surface area (Å²) >= 11 is 7.60. The van der Waals surface area contributed by atoms with E-state index in [0.29, 0.717) is 37.5 Å². The van der Waals surface area contributed by atoms with Gasteiger partial charge in [-0.3, -0.25) is 4.79 Å². The van der Waals surface area contributed by atoms with Crippen molar-refractivity contribution in [2.75, 3.05) is 30.8 Å². The van der Waals surface area contributed by atoms with Crippen LogP contribution >= 0.6 is 23.1 Å². The monoisotopic (exact) mass is 500 g/mol. The van der Waals surface area contributed by atoms with Gasteiger partial charge in [0.05, 0.1) is 15.7 Å². The first kappa shape index (κ1) is 23.5. The average molecular weight is 501 g/mol. The van der Waals surface area contributed by atoms with Crippen molar-refractivity contribution in [3.8, 4) is 0 Å². The van der Waals surface area contributed by atoms with Crippen LogP contribution in [0.15, 0.2) is 21.8 Å². The van der Waals surface area contributed by atoms with Gasteiger partial charge in [0.15, 0.2) is 15.9 Å². The van der Waals surface area contributed by atoms with Gasteiger partial charge in [0.25, 0.3) is 5.91 Å². The van der Waals surface area contributed by atoms with Crippen LogP contribution in [0, 0.1) is 0 Å². The number of carbonyl (C=O) groups excluding carboxylic acids is 1. The van der Waals surface area contributed by atoms with Gasteiger partial charge >= 0.3 is 0 Å². The number of nitrogens with zero attached hydrogens (tertiary/aromatic N) is 4. The fourth-order valence-electron chi connectivity index (χ4n) is 4.39. The first-order valence-electron chi connectivity index (χ1n) is 11.0. The molecule has 1 atom stereocenters. The molecule has 2 aliphatic heterocycles. The number of likely N-dealkylation sites (tertiary alicyclic amines) is 1. The maximum Gasteiger partial charge on any atom is 0.263 e. The van der Waals surface area contributed by atoms with E-state index in [1.54, 1.807) is 6.08 Å². The lowest BCUT2D eigenvalue weighted by molar-refractivity contribution is -0.137. The molecule has 1 aromatic rings. The number of aromatic nitrogens is 2. The fourth-order valence-corrected chi connectivity index (χ4v) is 6.78.